The molecule has 0 heterocycles. The summed E-state index contributed by atoms with van der Waals surface area (Å²) in [5, 5.41) is 3.98. The van der Waals surface area contributed by atoms with Gasteiger partial charge in [-0.15, -0.1) is 0 Å². The Bertz CT molecular complexity index is 676. The van der Waals surface area contributed by atoms with Crippen LogP contribution in [0.5, 0.6) is 0 Å². The van der Waals surface area contributed by atoms with Crippen LogP contribution in [0.15, 0.2) is 36.4 Å². The van der Waals surface area contributed by atoms with Crippen LogP contribution in [0.25, 0.3) is 0 Å². The maximum Gasteiger partial charge on any atom is 0.224 e. The topological polar surface area (TPSA) is 29.1 Å². The zero-order chi connectivity index (χ0) is 15.4. The Balaban J connectivity index is 1.96. The average molecular weight is 347 g/mol. The molecule has 2 aromatic carbocycles. The van der Waals surface area contributed by atoms with Crippen LogP contribution in [-0.4, -0.2) is 5.91 Å². The summed E-state index contributed by atoms with van der Waals surface area (Å²) in [5.41, 5.74) is 1.03. The normalized spacial score (nSPS) is 10.5. The van der Waals surface area contributed by atoms with Crippen LogP contribution in [0.4, 0.5) is 4.39 Å². The second kappa shape index (κ2) is 7.12. The number of hydrogen-bond acceptors (Lipinski definition) is 1. The summed E-state index contributed by atoms with van der Waals surface area (Å²) >= 11 is 17.5. The lowest BCUT2D eigenvalue weighted by Gasteiger charge is -2.08. The van der Waals surface area contributed by atoms with Crippen molar-refractivity contribution in [1.82, 2.24) is 5.32 Å². The number of rotatable bonds is 4. The van der Waals surface area contributed by atoms with Crippen molar-refractivity contribution in [1.29, 1.82) is 0 Å². The van der Waals surface area contributed by atoms with Gasteiger partial charge < -0.3 is 5.32 Å². The second-order valence-electron chi connectivity index (χ2n) is 4.42. The Morgan fingerprint density at radius 2 is 1.62 bits per heavy atom. The highest BCUT2D eigenvalue weighted by Gasteiger charge is 2.09. The van der Waals surface area contributed by atoms with Gasteiger partial charge in [0.05, 0.1) is 6.42 Å². The predicted octanol–water partition coefficient (Wildman–Crippen LogP) is 4.64. The Kier molecular flexibility index (Phi) is 5.45. The third kappa shape index (κ3) is 4.60. The molecule has 0 bridgehead atoms. The van der Waals surface area contributed by atoms with Crippen molar-refractivity contribution in [2.45, 2.75) is 13.0 Å². The minimum atomic E-state index is -0.498. The predicted molar refractivity (Wildman–Crippen MR) is 83.4 cm³/mol. The van der Waals surface area contributed by atoms with E-state index in [9.17, 15) is 9.18 Å². The fourth-order valence-corrected chi connectivity index (χ4v) is 2.39. The molecule has 1 amide bonds. The van der Waals surface area contributed by atoms with E-state index in [0.29, 0.717) is 20.6 Å². The lowest BCUT2D eigenvalue weighted by molar-refractivity contribution is -0.120. The second-order valence-corrected chi connectivity index (χ2v) is 5.71. The summed E-state index contributed by atoms with van der Waals surface area (Å²) in [6, 6.07) is 9.24. The van der Waals surface area contributed by atoms with E-state index >= 15 is 0 Å². The quantitative estimate of drug-likeness (QED) is 0.858. The van der Waals surface area contributed by atoms with Crippen LogP contribution in [0, 0.1) is 5.82 Å². The van der Waals surface area contributed by atoms with E-state index in [1.54, 1.807) is 24.3 Å². The zero-order valence-corrected chi connectivity index (χ0v) is 13.1. The number of amides is 1. The summed E-state index contributed by atoms with van der Waals surface area (Å²) in [4.78, 5) is 11.8. The Morgan fingerprint density at radius 3 is 2.24 bits per heavy atom. The lowest BCUT2D eigenvalue weighted by atomic mass is 10.1. The zero-order valence-electron chi connectivity index (χ0n) is 10.8. The monoisotopic (exact) mass is 345 g/mol. The van der Waals surface area contributed by atoms with Crippen molar-refractivity contribution in [2.24, 2.45) is 0 Å². The first-order valence-electron chi connectivity index (χ1n) is 6.10. The third-order valence-corrected chi connectivity index (χ3v) is 3.68. The van der Waals surface area contributed by atoms with Gasteiger partial charge in [0.25, 0.3) is 0 Å². The summed E-state index contributed by atoms with van der Waals surface area (Å²) in [6.07, 6.45) is -0.0613. The average Bonchev–Trinajstić information content (AvgIpc) is 2.41. The molecule has 0 atom stereocenters. The molecular weight excluding hydrogens is 336 g/mol. The fourth-order valence-electron chi connectivity index (χ4n) is 1.76. The van der Waals surface area contributed by atoms with Gasteiger partial charge in [0.15, 0.2) is 0 Å². The first kappa shape index (κ1) is 16.1. The van der Waals surface area contributed by atoms with Gasteiger partial charge in [0.1, 0.15) is 5.82 Å². The fraction of sp³-hybridized carbons (Fsp3) is 0.133. The molecule has 2 aromatic rings. The van der Waals surface area contributed by atoms with E-state index in [-0.39, 0.29) is 18.9 Å². The number of hydrogen-bond donors (Lipinski definition) is 1. The van der Waals surface area contributed by atoms with Gasteiger partial charge in [0, 0.05) is 21.6 Å². The van der Waals surface area contributed by atoms with Crippen molar-refractivity contribution >= 4 is 40.7 Å². The number of halogens is 4. The summed E-state index contributed by atoms with van der Waals surface area (Å²) in [6.45, 7) is 0.254. The minimum Gasteiger partial charge on any atom is -0.352 e. The molecule has 0 radical (unpaired) electrons. The SMILES string of the molecule is O=C(Cc1ccc(Cl)cc1F)NCc1ccc(Cl)cc1Cl. The van der Waals surface area contributed by atoms with Gasteiger partial charge in [-0.2, -0.15) is 0 Å². The van der Waals surface area contributed by atoms with Crippen LogP contribution in [-0.2, 0) is 17.8 Å². The number of benzene rings is 2. The molecule has 0 saturated carbocycles. The summed E-state index contributed by atoms with van der Waals surface area (Å²) < 4.78 is 13.6. The number of carbonyl (C=O) groups is 1. The van der Waals surface area contributed by atoms with E-state index in [1.165, 1.54) is 12.1 Å². The van der Waals surface area contributed by atoms with Gasteiger partial charge in [0.2, 0.25) is 5.91 Å². The molecule has 21 heavy (non-hydrogen) atoms. The van der Waals surface area contributed by atoms with E-state index < -0.39 is 5.82 Å². The van der Waals surface area contributed by atoms with Gasteiger partial charge in [-0.1, -0.05) is 46.9 Å². The molecular formula is C15H11Cl3FNO. The highest BCUT2D eigenvalue weighted by molar-refractivity contribution is 6.35. The smallest absolute Gasteiger partial charge is 0.224 e. The van der Waals surface area contributed by atoms with Crippen LogP contribution < -0.4 is 5.32 Å². The van der Waals surface area contributed by atoms with E-state index in [0.717, 1.165) is 5.56 Å². The number of nitrogens with one attached hydrogen (secondary N) is 1. The minimum absolute atomic E-state index is 0.0613. The van der Waals surface area contributed by atoms with Crippen molar-refractivity contribution in [2.75, 3.05) is 0 Å². The highest BCUT2D eigenvalue weighted by atomic mass is 35.5. The van der Waals surface area contributed by atoms with Crippen molar-refractivity contribution in [3.05, 3.63) is 68.4 Å². The molecule has 0 saturated heterocycles. The molecule has 1 N–H and O–H groups in total. The molecule has 2 rings (SSSR count). The van der Waals surface area contributed by atoms with E-state index in [1.807, 2.05) is 0 Å². The first-order chi connectivity index (χ1) is 9.95. The van der Waals surface area contributed by atoms with Crippen LogP contribution >= 0.6 is 34.8 Å². The molecule has 0 fully saturated rings. The Hall–Kier alpha value is -1.29. The van der Waals surface area contributed by atoms with Crippen molar-refractivity contribution in [3.63, 3.8) is 0 Å². The molecule has 2 nitrogen and oxygen atoms in total. The van der Waals surface area contributed by atoms with Crippen LogP contribution in [0.1, 0.15) is 11.1 Å². The van der Waals surface area contributed by atoms with E-state index in [4.69, 9.17) is 34.8 Å². The molecule has 0 aliphatic rings. The third-order valence-electron chi connectivity index (χ3n) is 2.86. The van der Waals surface area contributed by atoms with Crippen molar-refractivity contribution < 1.29 is 9.18 Å². The maximum atomic E-state index is 13.6. The molecule has 6 heteroatoms. The standard InChI is InChI=1S/C15H11Cl3FNO/c16-11-4-2-10(13(18)6-11)8-20-15(21)5-9-1-3-12(17)7-14(9)19/h1-4,6-7H,5,8H2,(H,20,21). The van der Waals surface area contributed by atoms with Crippen LogP contribution in [0.2, 0.25) is 15.1 Å². The van der Waals surface area contributed by atoms with Gasteiger partial charge >= 0.3 is 0 Å². The first-order valence-corrected chi connectivity index (χ1v) is 7.23. The largest absolute Gasteiger partial charge is 0.352 e. The molecule has 0 aliphatic heterocycles. The molecule has 0 aliphatic carbocycles. The van der Waals surface area contributed by atoms with E-state index in [2.05, 4.69) is 5.32 Å². The van der Waals surface area contributed by atoms with Gasteiger partial charge in [-0.25, -0.2) is 4.39 Å². The molecule has 0 unspecified atom stereocenters. The summed E-state index contributed by atoms with van der Waals surface area (Å²) in [5.74, 6) is -0.801. The highest BCUT2D eigenvalue weighted by Crippen LogP contribution is 2.21. The molecule has 0 spiro atoms. The van der Waals surface area contributed by atoms with Gasteiger partial charge in [-0.05, 0) is 35.4 Å². The molecule has 0 aromatic heterocycles. The molecule has 110 valence electrons. The Morgan fingerprint density at radius 1 is 1.00 bits per heavy atom. The Labute approximate surface area is 136 Å². The maximum absolute atomic E-state index is 13.6. The van der Waals surface area contributed by atoms with Crippen molar-refractivity contribution in [3.8, 4) is 0 Å². The number of carbonyl (C=O) groups excluding carboxylic acids is 1. The lowest BCUT2D eigenvalue weighted by Crippen LogP contribution is -2.25. The van der Waals surface area contributed by atoms with Gasteiger partial charge in [-0.3, -0.25) is 4.79 Å². The van der Waals surface area contributed by atoms with Crippen LogP contribution in [0.3, 0.4) is 0 Å². The summed E-state index contributed by atoms with van der Waals surface area (Å²) in [7, 11) is 0.